The third-order valence-electron chi connectivity index (χ3n) is 9.40. The van der Waals surface area contributed by atoms with Gasteiger partial charge in [0.25, 0.3) is 0 Å². The van der Waals surface area contributed by atoms with Crippen LogP contribution in [0.25, 0.3) is 5.57 Å². The summed E-state index contributed by atoms with van der Waals surface area (Å²) in [6.07, 6.45) is 4.92. The first-order valence-electron chi connectivity index (χ1n) is 16.1. The van der Waals surface area contributed by atoms with E-state index >= 15 is 0 Å². The smallest absolute Gasteiger partial charge is 0.303 e. The largest absolute Gasteiger partial charge is 0.481 e. The van der Waals surface area contributed by atoms with Crippen molar-refractivity contribution in [2.24, 2.45) is 10.4 Å². The van der Waals surface area contributed by atoms with Gasteiger partial charge >= 0.3 is 5.97 Å². The van der Waals surface area contributed by atoms with Crippen LogP contribution in [0, 0.1) is 5.41 Å². The summed E-state index contributed by atoms with van der Waals surface area (Å²) in [6.45, 7) is 13.8. The Morgan fingerprint density at radius 3 is 2.51 bits per heavy atom. The average molecular weight is 649 g/mol. The Hall–Kier alpha value is -3.01. The van der Waals surface area contributed by atoms with Gasteiger partial charge in [-0.1, -0.05) is 34.1 Å². The Morgan fingerprint density at radius 1 is 1.00 bits per heavy atom. The first-order valence-corrected chi connectivity index (χ1v) is 18.4. The Balaban J connectivity index is 1.45. The lowest BCUT2D eigenvalue weighted by atomic mass is 9.69. The second kappa shape index (κ2) is 11.7. The van der Waals surface area contributed by atoms with Gasteiger partial charge in [-0.2, -0.15) is 0 Å². The highest BCUT2D eigenvalue weighted by Crippen LogP contribution is 2.47. The number of hydrogen-bond donors (Lipinski definition) is 2. The van der Waals surface area contributed by atoms with Crippen molar-refractivity contribution >= 4 is 32.9 Å². The van der Waals surface area contributed by atoms with Crippen LogP contribution in [-0.2, 0) is 21.2 Å². The molecule has 1 aromatic heterocycles. The predicted octanol–water partition coefficient (Wildman–Crippen LogP) is 7.01. The highest BCUT2D eigenvalue weighted by molar-refractivity contribution is 7.91. The molecule has 0 radical (unpaired) electrons. The minimum absolute atomic E-state index is 0.0971. The van der Waals surface area contributed by atoms with E-state index in [1.807, 2.05) is 6.07 Å². The van der Waals surface area contributed by atoms with Crippen molar-refractivity contribution < 1.29 is 23.1 Å². The normalized spacial score (nSPS) is 21.1. The fourth-order valence-corrected chi connectivity index (χ4v) is 10.1. The van der Waals surface area contributed by atoms with E-state index < -0.39 is 16.0 Å². The van der Waals surface area contributed by atoms with Crippen LogP contribution in [-0.4, -0.2) is 31.6 Å². The van der Waals surface area contributed by atoms with Gasteiger partial charge in [-0.25, -0.2) is 13.1 Å². The summed E-state index contributed by atoms with van der Waals surface area (Å²) in [7, 11) is -3.72. The van der Waals surface area contributed by atoms with Crippen LogP contribution in [0.1, 0.15) is 119 Å². The van der Waals surface area contributed by atoms with Crippen LogP contribution in [0.2, 0.25) is 0 Å². The summed E-state index contributed by atoms with van der Waals surface area (Å²) < 4.78 is 36.3. The highest BCUT2D eigenvalue weighted by atomic mass is 32.2. The molecule has 0 spiro atoms. The molecule has 2 aromatic carbocycles. The van der Waals surface area contributed by atoms with Gasteiger partial charge in [-0.05, 0) is 110 Å². The fraction of sp³-hybridized carbons (Fsp3) is 0.500. The summed E-state index contributed by atoms with van der Waals surface area (Å²) in [5, 5.41) is 10.8. The molecule has 2 N–H and O–H groups in total. The van der Waals surface area contributed by atoms with E-state index in [-0.39, 0.29) is 28.1 Å². The number of thiophene rings is 1. The van der Waals surface area contributed by atoms with E-state index in [2.05, 4.69) is 70.5 Å². The van der Waals surface area contributed by atoms with Crippen molar-refractivity contribution in [1.29, 1.82) is 0 Å². The minimum atomic E-state index is -3.72. The Morgan fingerprint density at radius 2 is 1.76 bits per heavy atom. The number of nitrogens with one attached hydrogen (secondary N) is 1. The van der Waals surface area contributed by atoms with Gasteiger partial charge in [-0.3, -0.25) is 9.79 Å². The second-order valence-electron chi connectivity index (χ2n) is 14.6. The van der Waals surface area contributed by atoms with Crippen molar-refractivity contribution in [1.82, 2.24) is 4.72 Å². The van der Waals surface area contributed by atoms with Crippen molar-refractivity contribution in [2.45, 2.75) is 108 Å². The molecule has 0 saturated carbocycles. The number of fused-ring (bicyclic) bond motifs is 4. The number of hydrogen-bond acceptors (Lipinski definition) is 6. The summed E-state index contributed by atoms with van der Waals surface area (Å²) in [5.74, 6) is 1.46. The van der Waals surface area contributed by atoms with Crippen molar-refractivity contribution in [3.63, 3.8) is 0 Å². The summed E-state index contributed by atoms with van der Waals surface area (Å²) >= 11 is 1.28. The van der Waals surface area contributed by atoms with Crippen LogP contribution < -0.4 is 20.0 Å². The monoisotopic (exact) mass is 648 g/mol. The molecule has 2 atom stereocenters. The van der Waals surface area contributed by atoms with Crippen LogP contribution in [0.15, 0.2) is 45.6 Å². The molecular weight excluding hydrogens is 605 g/mol. The highest BCUT2D eigenvalue weighted by Gasteiger charge is 2.34. The molecule has 7 nitrogen and oxygen atoms in total. The molecule has 1 aliphatic carbocycles. The third-order valence-corrected chi connectivity index (χ3v) is 12.5. The maximum atomic E-state index is 13.3. The van der Waals surface area contributed by atoms with Crippen LogP contribution in [0.5, 0.6) is 11.5 Å². The van der Waals surface area contributed by atoms with E-state index in [4.69, 9.17) is 14.8 Å². The Kier molecular flexibility index (Phi) is 8.28. The van der Waals surface area contributed by atoms with Gasteiger partial charge in [0.2, 0.25) is 10.0 Å². The molecule has 3 aliphatic rings. The number of ether oxygens (including phenoxy) is 1. The zero-order valence-electron chi connectivity index (χ0n) is 27.1. The SMILES string of the molecule is CC1CC(C)(C)Cc2cc3c(cc21)C(c1ccc(S(=O)(=O)NCCCCCC(=O)O)s1)=c1cc2c(cc1O3)=NC(C)(C)CC2C. The summed E-state index contributed by atoms with van der Waals surface area (Å²) in [4.78, 5) is 16.7. The van der Waals surface area contributed by atoms with Crippen molar-refractivity contribution in [3.8, 4) is 11.5 Å². The lowest BCUT2D eigenvalue weighted by Gasteiger charge is -2.37. The first-order chi connectivity index (χ1) is 21.1. The predicted molar refractivity (Wildman–Crippen MR) is 179 cm³/mol. The number of unbranched alkanes of at least 4 members (excludes halogenated alkanes) is 2. The van der Waals surface area contributed by atoms with E-state index in [9.17, 15) is 13.2 Å². The fourth-order valence-electron chi connectivity index (χ4n) is 7.63. The molecule has 9 heteroatoms. The lowest BCUT2D eigenvalue weighted by molar-refractivity contribution is -0.137. The maximum Gasteiger partial charge on any atom is 0.303 e. The average Bonchev–Trinajstić information content (AvgIpc) is 3.42. The topological polar surface area (TPSA) is 105 Å². The number of rotatable bonds is 9. The number of aliphatic carboxylic acids is 1. The van der Waals surface area contributed by atoms with Crippen molar-refractivity contribution in [2.75, 3.05) is 6.54 Å². The molecule has 3 heterocycles. The van der Waals surface area contributed by atoms with E-state index in [1.54, 1.807) is 6.07 Å². The zero-order chi connectivity index (χ0) is 32.3. The van der Waals surface area contributed by atoms with E-state index in [0.29, 0.717) is 31.1 Å². The molecule has 0 bridgehead atoms. The summed E-state index contributed by atoms with van der Waals surface area (Å²) in [5.41, 5.74) is 5.92. The quantitative estimate of drug-likeness (QED) is 0.190. The van der Waals surface area contributed by atoms with Gasteiger partial charge in [0, 0.05) is 40.3 Å². The maximum absolute atomic E-state index is 13.3. The Labute approximate surface area is 270 Å². The molecule has 3 aromatic rings. The lowest BCUT2D eigenvalue weighted by Crippen LogP contribution is -2.34. The van der Waals surface area contributed by atoms with Gasteiger partial charge in [0.15, 0.2) is 0 Å². The van der Waals surface area contributed by atoms with Crippen molar-refractivity contribution in [3.05, 3.63) is 74.1 Å². The van der Waals surface area contributed by atoms with Crippen LogP contribution >= 0.6 is 11.3 Å². The van der Waals surface area contributed by atoms with Crippen LogP contribution in [0.4, 0.5) is 0 Å². The van der Waals surface area contributed by atoms with Gasteiger partial charge in [-0.15, -0.1) is 11.3 Å². The molecule has 2 aliphatic heterocycles. The standard InChI is InChI=1S/C36H44N2O5S2/c1-21-18-35(3,4)20-23-14-29-26(15-24(21)23)34(27-16-25-22(2)19-36(5,6)38-28(25)17-30(27)43-29)31-11-12-33(44-31)45(41,42)37-13-9-7-8-10-32(39)40/h11-12,14-17,21-22,37H,7-10,13,18-20H2,1-6H3,(H,39,40). The molecule has 0 amide bonds. The number of carboxylic acids is 1. The molecular formula is C36H44N2O5S2. The minimum Gasteiger partial charge on any atom is -0.481 e. The van der Waals surface area contributed by atoms with Gasteiger partial charge in [0.1, 0.15) is 15.7 Å². The molecule has 240 valence electrons. The molecule has 0 saturated heterocycles. The number of sulfonamides is 1. The first kappa shape index (κ1) is 32.0. The number of carboxylic acid groups (broad SMARTS) is 1. The third kappa shape index (κ3) is 6.49. The number of benzene rings is 2. The van der Waals surface area contributed by atoms with Gasteiger partial charge in [0.05, 0.1) is 10.9 Å². The zero-order valence-corrected chi connectivity index (χ0v) is 28.8. The van der Waals surface area contributed by atoms with E-state index in [1.165, 1.54) is 28.0 Å². The number of nitrogens with zero attached hydrogens (tertiary/aromatic N) is 1. The number of carbonyl (C=O) groups is 1. The van der Waals surface area contributed by atoms with Crippen LogP contribution in [0.3, 0.4) is 0 Å². The Bertz CT molecular complexity index is 1910. The molecule has 2 unspecified atom stereocenters. The molecule has 0 fully saturated rings. The van der Waals surface area contributed by atoms with E-state index in [0.717, 1.165) is 57.4 Å². The van der Waals surface area contributed by atoms with Gasteiger partial charge < -0.3 is 9.84 Å². The summed E-state index contributed by atoms with van der Waals surface area (Å²) in [6, 6.07) is 12.4. The molecule has 6 rings (SSSR count). The molecule has 45 heavy (non-hydrogen) atoms. The second-order valence-corrected chi connectivity index (χ2v) is 17.7.